The van der Waals surface area contributed by atoms with E-state index in [9.17, 15) is 18.4 Å². The van der Waals surface area contributed by atoms with Gasteiger partial charge >= 0.3 is 12.0 Å². The average Bonchev–Trinajstić information content (AvgIpc) is 2.34. The van der Waals surface area contributed by atoms with Gasteiger partial charge in [0.15, 0.2) is 0 Å². The molecule has 1 aromatic carbocycles. The Hall–Kier alpha value is -2.18. The Morgan fingerprint density at radius 3 is 2.35 bits per heavy atom. The van der Waals surface area contributed by atoms with Crippen molar-refractivity contribution in [1.82, 2.24) is 10.6 Å². The van der Waals surface area contributed by atoms with Crippen LogP contribution in [0.2, 0.25) is 0 Å². The maximum atomic E-state index is 12.9. The van der Waals surface area contributed by atoms with E-state index in [0.29, 0.717) is 5.56 Å². The van der Waals surface area contributed by atoms with Crippen molar-refractivity contribution in [2.45, 2.75) is 25.8 Å². The Morgan fingerprint density at radius 1 is 1.25 bits per heavy atom. The summed E-state index contributed by atoms with van der Waals surface area (Å²) in [7, 11) is 0. The maximum absolute atomic E-state index is 12.9. The van der Waals surface area contributed by atoms with Crippen LogP contribution in [0.4, 0.5) is 13.6 Å². The highest BCUT2D eigenvalue weighted by Gasteiger charge is 2.16. The van der Waals surface area contributed by atoms with Crippen LogP contribution in [0.5, 0.6) is 0 Å². The van der Waals surface area contributed by atoms with Gasteiger partial charge in [-0.1, -0.05) is 6.92 Å². The molecular weight excluding hydrogens is 270 g/mol. The molecule has 0 heterocycles. The summed E-state index contributed by atoms with van der Waals surface area (Å²) in [5, 5.41) is 13.5. The first-order valence-corrected chi connectivity index (χ1v) is 6.14. The highest BCUT2D eigenvalue weighted by atomic mass is 19.1. The first-order valence-electron chi connectivity index (χ1n) is 6.14. The van der Waals surface area contributed by atoms with Gasteiger partial charge < -0.3 is 15.7 Å². The largest absolute Gasteiger partial charge is 0.480 e. The lowest BCUT2D eigenvalue weighted by molar-refractivity contribution is -0.139. The molecule has 20 heavy (non-hydrogen) atoms. The molecule has 0 spiro atoms. The Morgan fingerprint density at radius 2 is 1.85 bits per heavy atom. The third-order valence-electron chi connectivity index (χ3n) is 2.63. The van der Waals surface area contributed by atoms with Crippen molar-refractivity contribution in [3.8, 4) is 0 Å². The Kier molecular flexibility index (Phi) is 5.89. The summed E-state index contributed by atoms with van der Waals surface area (Å²) >= 11 is 0. The van der Waals surface area contributed by atoms with Crippen molar-refractivity contribution in [2.75, 3.05) is 6.54 Å². The molecule has 0 aliphatic rings. The Balaban J connectivity index is 2.40. The van der Waals surface area contributed by atoms with E-state index < -0.39 is 29.7 Å². The number of carboxylic acids is 1. The van der Waals surface area contributed by atoms with Crippen molar-refractivity contribution in [3.05, 3.63) is 35.4 Å². The minimum atomic E-state index is -1.12. The molecule has 0 aliphatic carbocycles. The van der Waals surface area contributed by atoms with E-state index >= 15 is 0 Å². The summed E-state index contributed by atoms with van der Waals surface area (Å²) in [6.07, 6.45) is 0.504. The molecule has 0 radical (unpaired) electrons. The van der Waals surface area contributed by atoms with Crippen LogP contribution in [0.1, 0.15) is 18.9 Å². The van der Waals surface area contributed by atoms with E-state index in [1.165, 1.54) is 12.1 Å². The molecule has 7 heteroatoms. The van der Waals surface area contributed by atoms with E-state index in [-0.39, 0.29) is 19.4 Å². The standard InChI is InChI=1S/C13H16F2N2O3/c1-2-11(12(18)19)17-13(20)16-4-3-8-5-9(14)7-10(15)6-8/h5-7,11H,2-4H2,1H3,(H,18,19)(H2,16,17,20). The average molecular weight is 286 g/mol. The highest BCUT2D eigenvalue weighted by molar-refractivity contribution is 5.82. The number of halogens is 2. The molecule has 0 bridgehead atoms. The van der Waals surface area contributed by atoms with E-state index in [2.05, 4.69) is 10.6 Å². The van der Waals surface area contributed by atoms with Crippen molar-refractivity contribution in [1.29, 1.82) is 0 Å². The molecule has 5 nitrogen and oxygen atoms in total. The van der Waals surface area contributed by atoms with E-state index in [0.717, 1.165) is 6.07 Å². The number of urea groups is 1. The number of hydrogen-bond acceptors (Lipinski definition) is 2. The zero-order chi connectivity index (χ0) is 15.1. The normalized spacial score (nSPS) is 11.8. The lowest BCUT2D eigenvalue weighted by atomic mass is 10.1. The molecule has 0 fully saturated rings. The lowest BCUT2D eigenvalue weighted by Gasteiger charge is -2.13. The van der Waals surface area contributed by atoms with Crippen LogP contribution < -0.4 is 10.6 Å². The maximum Gasteiger partial charge on any atom is 0.326 e. The predicted octanol–water partition coefficient (Wildman–Crippen LogP) is 1.67. The number of aliphatic carboxylic acids is 1. The summed E-state index contributed by atoms with van der Waals surface area (Å²) in [6, 6.07) is 1.53. The van der Waals surface area contributed by atoms with Crippen LogP contribution in [0.25, 0.3) is 0 Å². The van der Waals surface area contributed by atoms with Crippen LogP contribution in [0, 0.1) is 11.6 Å². The summed E-state index contributed by atoms with van der Waals surface area (Å²) in [6.45, 7) is 1.78. The number of rotatable bonds is 6. The molecule has 1 aromatic rings. The van der Waals surface area contributed by atoms with Crippen LogP contribution in [0.15, 0.2) is 18.2 Å². The zero-order valence-corrected chi connectivity index (χ0v) is 11.0. The van der Waals surface area contributed by atoms with Gasteiger partial charge in [-0.25, -0.2) is 18.4 Å². The third-order valence-corrected chi connectivity index (χ3v) is 2.63. The van der Waals surface area contributed by atoms with Crippen LogP contribution in [0.3, 0.4) is 0 Å². The molecule has 1 unspecified atom stereocenters. The van der Waals surface area contributed by atoms with Crippen molar-refractivity contribution in [3.63, 3.8) is 0 Å². The van der Waals surface area contributed by atoms with Gasteiger partial charge in [0.05, 0.1) is 0 Å². The first-order chi connectivity index (χ1) is 9.42. The van der Waals surface area contributed by atoms with E-state index in [4.69, 9.17) is 5.11 Å². The number of hydrogen-bond donors (Lipinski definition) is 3. The van der Waals surface area contributed by atoms with Crippen LogP contribution in [-0.2, 0) is 11.2 Å². The number of amides is 2. The number of carbonyl (C=O) groups is 2. The van der Waals surface area contributed by atoms with Crippen LogP contribution in [-0.4, -0.2) is 29.7 Å². The molecule has 1 atom stereocenters. The first kappa shape index (κ1) is 15.9. The number of carboxylic acid groups (broad SMARTS) is 1. The second kappa shape index (κ2) is 7.42. The van der Waals surface area contributed by atoms with Gasteiger partial charge in [0, 0.05) is 12.6 Å². The topological polar surface area (TPSA) is 78.4 Å². The number of nitrogens with one attached hydrogen (secondary N) is 2. The number of carbonyl (C=O) groups excluding carboxylic acids is 1. The minimum Gasteiger partial charge on any atom is -0.480 e. The Bertz CT molecular complexity index is 474. The summed E-state index contributed by atoms with van der Waals surface area (Å²) in [4.78, 5) is 22.1. The quantitative estimate of drug-likeness (QED) is 0.744. The predicted molar refractivity (Wildman–Crippen MR) is 68.3 cm³/mol. The zero-order valence-electron chi connectivity index (χ0n) is 11.0. The molecule has 3 N–H and O–H groups in total. The van der Waals surface area contributed by atoms with Crippen molar-refractivity contribution in [2.24, 2.45) is 0 Å². The van der Waals surface area contributed by atoms with Crippen molar-refractivity contribution >= 4 is 12.0 Å². The highest BCUT2D eigenvalue weighted by Crippen LogP contribution is 2.08. The summed E-state index contributed by atoms with van der Waals surface area (Å²) < 4.78 is 25.8. The molecule has 1 rings (SSSR count). The lowest BCUT2D eigenvalue weighted by Crippen LogP contribution is -2.46. The van der Waals surface area contributed by atoms with E-state index in [1.807, 2.05) is 0 Å². The molecule has 0 aromatic heterocycles. The fourth-order valence-corrected chi connectivity index (χ4v) is 1.62. The fourth-order valence-electron chi connectivity index (χ4n) is 1.62. The van der Waals surface area contributed by atoms with Crippen LogP contribution >= 0.6 is 0 Å². The third kappa shape index (κ3) is 5.21. The minimum absolute atomic E-state index is 0.144. The van der Waals surface area contributed by atoms with Gasteiger partial charge in [0.2, 0.25) is 0 Å². The summed E-state index contributed by atoms with van der Waals surface area (Å²) in [5.74, 6) is -2.47. The Labute approximate surface area is 115 Å². The van der Waals surface area contributed by atoms with Gasteiger partial charge in [-0.3, -0.25) is 0 Å². The van der Waals surface area contributed by atoms with Gasteiger partial charge in [-0.15, -0.1) is 0 Å². The van der Waals surface area contributed by atoms with Crippen molar-refractivity contribution < 1.29 is 23.5 Å². The molecule has 110 valence electrons. The second-order valence-electron chi connectivity index (χ2n) is 4.23. The molecule has 2 amide bonds. The smallest absolute Gasteiger partial charge is 0.326 e. The molecule has 0 aliphatic heterocycles. The number of benzene rings is 1. The molecule has 0 saturated heterocycles. The van der Waals surface area contributed by atoms with Gasteiger partial charge in [0.1, 0.15) is 17.7 Å². The van der Waals surface area contributed by atoms with Gasteiger partial charge in [-0.05, 0) is 30.5 Å². The molecular formula is C13H16F2N2O3. The monoisotopic (exact) mass is 286 g/mol. The second-order valence-corrected chi connectivity index (χ2v) is 4.23. The molecule has 0 saturated carbocycles. The summed E-state index contributed by atoms with van der Waals surface area (Å²) in [5.41, 5.74) is 0.410. The van der Waals surface area contributed by atoms with E-state index in [1.54, 1.807) is 6.92 Å². The van der Waals surface area contributed by atoms with Gasteiger partial charge in [-0.2, -0.15) is 0 Å². The van der Waals surface area contributed by atoms with Gasteiger partial charge in [0.25, 0.3) is 0 Å². The SMILES string of the molecule is CCC(NC(=O)NCCc1cc(F)cc(F)c1)C(=O)O. The fraction of sp³-hybridized carbons (Fsp3) is 0.385.